The number of esters is 1. The molecule has 1 atom stereocenters. The molecule has 11 heteroatoms. The topological polar surface area (TPSA) is 145 Å². The Morgan fingerprint density at radius 1 is 1.09 bits per heavy atom. The van der Waals surface area contributed by atoms with Gasteiger partial charge < -0.3 is 15.4 Å². The SMILES string of the molecule is CC(=O)c1ccc(NC(=O)COC(=O)C(NC(=O)c2cc([N+](=O)[O-])ccc2Cl)C(C)C)cc1. The molecule has 0 aliphatic carbocycles. The normalized spacial score (nSPS) is 11.4. The van der Waals surface area contributed by atoms with Crippen molar-refractivity contribution in [1.29, 1.82) is 0 Å². The molecule has 2 aromatic rings. The van der Waals surface area contributed by atoms with E-state index in [4.69, 9.17) is 16.3 Å². The maximum Gasteiger partial charge on any atom is 0.329 e. The summed E-state index contributed by atoms with van der Waals surface area (Å²) in [5, 5.41) is 15.9. The molecule has 1 unspecified atom stereocenters. The second-order valence-corrected chi connectivity index (χ2v) is 7.81. The average molecular weight is 476 g/mol. The number of ether oxygens (including phenoxy) is 1. The molecule has 2 amide bonds. The zero-order chi connectivity index (χ0) is 24.7. The molecule has 174 valence electrons. The van der Waals surface area contributed by atoms with Crippen molar-refractivity contribution in [3.63, 3.8) is 0 Å². The molecular formula is C22H22ClN3O7. The maximum absolute atomic E-state index is 12.6. The lowest BCUT2D eigenvalue weighted by molar-refractivity contribution is -0.384. The van der Waals surface area contributed by atoms with E-state index in [1.807, 2.05) is 0 Å². The minimum absolute atomic E-state index is 0.0239. The Morgan fingerprint density at radius 2 is 1.73 bits per heavy atom. The third-order valence-corrected chi connectivity index (χ3v) is 4.86. The van der Waals surface area contributed by atoms with Crippen molar-refractivity contribution in [3.05, 3.63) is 68.7 Å². The predicted octanol–water partition coefficient (Wildman–Crippen LogP) is 3.39. The van der Waals surface area contributed by atoms with Crippen LogP contribution in [0.3, 0.4) is 0 Å². The highest BCUT2D eigenvalue weighted by molar-refractivity contribution is 6.34. The highest BCUT2D eigenvalue weighted by Gasteiger charge is 2.28. The number of hydrogen-bond donors (Lipinski definition) is 2. The molecule has 0 bridgehead atoms. The van der Waals surface area contributed by atoms with Crippen LogP contribution in [0, 0.1) is 16.0 Å². The number of rotatable bonds is 9. The molecule has 0 spiro atoms. The molecule has 0 saturated heterocycles. The van der Waals surface area contributed by atoms with Crippen molar-refractivity contribution in [2.45, 2.75) is 26.8 Å². The fourth-order valence-corrected chi connectivity index (χ4v) is 2.93. The number of carbonyl (C=O) groups is 4. The number of Topliss-reactive ketones (excluding diaryl/α,β-unsaturated/α-hetero) is 1. The van der Waals surface area contributed by atoms with E-state index in [-0.39, 0.29) is 22.1 Å². The van der Waals surface area contributed by atoms with Crippen LogP contribution in [0.15, 0.2) is 42.5 Å². The molecule has 0 aliphatic rings. The number of nitrogens with one attached hydrogen (secondary N) is 2. The van der Waals surface area contributed by atoms with Crippen LogP contribution in [0.2, 0.25) is 5.02 Å². The summed E-state index contributed by atoms with van der Waals surface area (Å²) in [7, 11) is 0. The standard InChI is InChI=1S/C22H22ClN3O7/c1-12(2)20(25-21(29)17-10-16(26(31)32)8-9-18(17)23)22(30)33-11-19(28)24-15-6-4-14(5-7-15)13(3)27/h4-10,12,20H,11H2,1-3H3,(H,24,28)(H,25,29). The fraction of sp³-hybridized carbons (Fsp3) is 0.273. The Morgan fingerprint density at radius 3 is 2.27 bits per heavy atom. The highest BCUT2D eigenvalue weighted by atomic mass is 35.5. The minimum atomic E-state index is -1.13. The van der Waals surface area contributed by atoms with Gasteiger partial charge in [0.05, 0.1) is 15.5 Å². The number of halogens is 1. The van der Waals surface area contributed by atoms with E-state index < -0.39 is 41.3 Å². The summed E-state index contributed by atoms with van der Waals surface area (Å²) in [4.78, 5) is 58.7. The van der Waals surface area contributed by atoms with Gasteiger partial charge in [-0.05, 0) is 43.2 Å². The third-order valence-electron chi connectivity index (χ3n) is 4.53. The quantitative estimate of drug-likeness (QED) is 0.244. The number of nitro groups is 1. The first-order valence-electron chi connectivity index (χ1n) is 9.82. The largest absolute Gasteiger partial charge is 0.454 e. The molecule has 0 radical (unpaired) electrons. The molecule has 2 aromatic carbocycles. The molecule has 0 heterocycles. The van der Waals surface area contributed by atoms with E-state index in [0.29, 0.717) is 11.3 Å². The zero-order valence-corrected chi connectivity index (χ0v) is 18.8. The number of nitrogens with zero attached hydrogens (tertiary/aromatic N) is 1. The van der Waals surface area contributed by atoms with Crippen molar-refractivity contribution in [2.24, 2.45) is 5.92 Å². The van der Waals surface area contributed by atoms with Crippen molar-refractivity contribution < 1.29 is 28.8 Å². The van der Waals surface area contributed by atoms with Crippen LogP contribution in [-0.2, 0) is 14.3 Å². The molecule has 0 aliphatic heterocycles. The smallest absolute Gasteiger partial charge is 0.329 e. The lowest BCUT2D eigenvalue weighted by atomic mass is 10.0. The summed E-state index contributed by atoms with van der Waals surface area (Å²) in [5.74, 6) is -2.80. The Kier molecular flexibility index (Phi) is 8.63. The molecule has 10 nitrogen and oxygen atoms in total. The molecule has 2 rings (SSSR count). The number of benzene rings is 2. The van der Waals surface area contributed by atoms with Crippen LogP contribution in [0.25, 0.3) is 0 Å². The Bertz CT molecular complexity index is 1080. The van der Waals surface area contributed by atoms with Gasteiger partial charge >= 0.3 is 5.97 Å². The first-order chi connectivity index (χ1) is 15.5. The van der Waals surface area contributed by atoms with Gasteiger partial charge in [0.2, 0.25) is 0 Å². The molecule has 0 aromatic heterocycles. The van der Waals surface area contributed by atoms with Crippen LogP contribution in [0.1, 0.15) is 41.5 Å². The predicted molar refractivity (Wildman–Crippen MR) is 120 cm³/mol. The summed E-state index contributed by atoms with van der Waals surface area (Å²) >= 11 is 5.97. The summed E-state index contributed by atoms with van der Waals surface area (Å²) in [6.07, 6.45) is 0. The van der Waals surface area contributed by atoms with E-state index in [1.54, 1.807) is 26.0 Å². The number of ketones is 1. The van der Waals surface area contributed by atoms with E-state index in [9.17, 15) is 29.3 Å². The molecule has 33 heavy (non-hydrogen) atoms. The number of carbonyl (C=O) groups excluding carboxylic acids is 4. The van der Waals surface area contributed by atoms with Gasteiger partial charge in [0, 0.05) is 23.4 Å². The van der Waals surface area contributed by atoms with Crippen LogP contribution < -0.4 is 10.6 Å². The number of hydrogen-bond acceptors (Lipinski definition) is 7. The monoisotopic (exact) mass is 475 g/mol. The van der Waals surface area contributed by atoms with Crippen molar-refractivity contribution in [3.8, 4) is 0 Å². The van der Waals surface area contributed by atoms with Crippen LogP contribution in [-0.4, -0.2) is 41.1 Å². The van der Waals surface area contributed by atoms with Crippen molar-refractivity contribution >= 4 is 46.5 Å². The maximum atomic E-state index is 12.6. The van der Waals surface area contributed by atoms with Crippen LogP contribution in [0.4, 0.5) is 11.4 Å². The second kappa shape index (κ2) is 11.2. The van der Waals surface area contributed by atoms with Gasteiger partial charge in [0.25, 0.3) is 17.5 Å². The number of non-ortho nitro benzene ring substituents is 1. The van der Waals surface area contributed by atoms with Gasteiger partial charge in [-0.2, -0.15) is 0 Å². The van der Waals surface area contributed by atoms with E-state index >= 15 is 0 Å². The molecular weight excluding hydrogens is 454 g/mol. The summed E-state index contributed by atoms with van der Waals surface area (Å²) in [6.45, 7) is 4.11. The van der Waals surface area contributed by atoms with Crippen LogP contribution >= 0.6 is 11.6 Å². The Balaban J connectivity index is 2.00. The van der Waals surface area contributed by atoms with Gasteiger partial charge in [-0.15, -0.1) is 0 Å². The van der Waals surface area contributed by atoms with Gasteiger partial charge in [-0.1, -0.05) is 25.4 Å². The van der Waals surface area contributed by atoms with Gasteiger partial charge in [0.15, 0.2) is 12.4 Å². The average Bonchev–Trinajstić information content (AvgIpc) is 2.75. The summed E-state index contributed by atoms with van der Waals surface area (Å²) in [6, 6.07) is 8.42. The first-order valence-corrected chi connectivity index (χ1v) is 10.2. The Labute approximate surface area is 194 Å². The van der Waals surface area contributed by atoms with E-state index in [1.165, 1.54) is 25.1 Å². The second-order valence-electron chi connectivity index (χ2n) is 7.41. The van der Waals surface area contributed by atoms with Crippen molar-refractivity contribution in [1.82, 2.24) is 5.32 Å². The summed E-state index contributed by atoms with van der Waals surface area (Å²) in [5.41, 5.74) is 0.395. The lowest BCUT2D eigenvalue weighted by Gasteiger charge is -2.21. The van der Waals surface area contributed by atoms with Crippen molar-refractivity contribution in [2.75, 3.05) is 11.9 Å². The number of anilines is 1. The highest BCUT2D eigenvalue weighted by Crippen LogP contribution is 2.22. The van der Waals surface area contributed by atoms with Crippen LogP contribution in [0.5, 0.6) is 0 Å². The van der Waals surface area contributed by atoms with E-state index in [2.05, 4.69) is 10.6 Å². The summed E-state index contributed by atoms with van der Waals surface area (Å²) < 4.78 is 5.03. The zero-order valence-electron chi connectivity index (χ0n) is 18.1. The molecule has 2 N–H and O–H groups in total. The number of nitro benzene ring substituents is 1. The van der Waals surface area contributed by atoms with E-state index in [0.717, 1.165) is 12.1 Å². The molecule has 0 fully saturated rings. The third kappa shape index (κ3) is 7.11. The molecule has 0 saturated carbocycles. The Hall–Kier alpha value is -3.79. The van der Waals surface area contributed by atoms with Gasteiger partial charge in [-0.3, -0.25) is 24.5 Å². The first kappa shape index (κ1) is 25.5. The lowest BCUT2D eigenvalue weighted by Crippen LogP contribution is -2.46. The van der Waals surface area contributed by atoms with Gasteiger partial charge in [0.1, 0.15) is 6.04 Å². The van der Waals surface area contributed by atoms with Gasteiger partial charge in [-0.25, -0.2) is 4.79 Å². The minimum Gasteiger partial charge on any atom is -0.454 e. The number of amides is 2. The fourth-order valence-electron chi connectivity index (χ4n) is 2.73.